The van der Waals surface area contributed by atoms with Gasteiger partial charge in [0.15, 0.2) is 0 Å². The summed E-state index contributed by atoms with van der Waals surface area (Å²) in [5.41, 5.74) is 0.859. The van der Waals surface area contributed by atoms with Crippen LogP contribution in [0.4, 0.5) is 0 Å². The fourth-order valence-corrected chi connectivity index (χ4v) is 5.13. The summed E-state index contributed by atoms with van der Waals surface area (Å²) in [6.45, 7) is 0.626. The molecule has 6 heteroatoms. The van der Waals surface area contributed by atoms with E-state index < -0.39 is 10.0 Å². The number of thioether (sulfide) groups is 1. The maximum Gasteiger partial charge on any atom is 0.241 e. The Morgan fingerprint density at radius 1 is 1.15 bits per heavy atom. The lowest BCUT2D eigenvalue weighted by molar-refractivity contribution is 0.560. The molecule has 1 atom stereocenters. The number of nitrogens with one attached hydrogen (secondary N) is 2. The highest BCUT2D eigenvalue weighted by atomic mass is 32.2. The minimum Gasteiger partial charge on any atom is -0.310 e. The third-order valence-electron chi connectivity index (χ3n) is 3.67. The van der Waals surface area contributed by atoms with Gasteiger partial charge in [0.05, 0.1) is 4.90 Å². The van der Waals surface area contributed by atoms with Crippen LogP contribution in [0.15, 0.2) is 29.2 Å². The average Bonchev–Trinajstić information content (AvgIpc) is 3.13. The first-order valence-corrected chi connectivity index (χ1v) is 9.70. The molecule has 3 rings (SSSR count). The van der Waals surface area contributed by atoms with Crippen LogP contribution in [-0.4, -0.2) is 32.0 Å². The van der Waals surface area contributed by atoms with Crippen molar-refractivity contribution in [2.75, 3.05) is 11.5 Å². The van der Waals surface area contributed by atoms with Gasteiger partial charge in [0, 0.05) is 24.4 Å². The van der Waals surface area contributed by atoms with Crippen LogP contribution in [-0.2, 0) is 16.6 Å². The Labute approximate surface area is 124 Å². The van der Waals surface area contributed by atoms with Gasteiger partial charge in [0.1, 0.15) is 0 Å². The van der Waals surface area contributed by atoms with Crippen molar-refractivity contribution >= 4 is 21.8 Å². The second kappa shape index (κ2) is 6.05. The molecule has 110 valence electrons. The molecular formula is C14H20N2O2S2. The Balaban J connectivity index is 1.76. The first kappa shape index (κ1) is 14.4. The molecule has 1 heterocycles. The van der Waals surface area contributed by atoms with Crippen LogP contribution in [0, 0.1) is 0 Å². The molecule has 1 aromatic rings. The lowest BCUT2D eigenvalue weighted by Crippen LogP contribution is -2.35. The fraction of sp³-hybridized carbons (Fsp3) is 0.571. The van der Waals surface area contributed by atoms with Gasteiger partial charge >= 0.3 is 0 Å². The van der Waals surface area contributed by atoms with Gasteiger partial charge in [-0.25, -0.2) is 13.1 Å². The molecule has 0 amide bonds. The minimum absolute atomic E-state index is 0.0782. The van der Waals surface area contributed by atoms with Gasteiger partial charge in [-0.2, -0.15) is 11.8 Å². The van der Waals surface area contributed by atoms with E-state index in [4.69, 9.17) is 0 Å². The number of rotatable bonds is 6. The number of hydrogen-bond acceptors (Lipinski definition) is 4. The summed E-state index contributed by atoms with van der Waals surface area (Å²) in [5.74, 6) is 1.92. The summed E-state index contributed by atoms with van der Waals surface area (Å²) in [5, 5.41) is 3.38. The van der Waals surface area contributed by atoms with Gasteiger partial charge in [-0.05, 0) is 36.6 Å². The average molecular weight is 312 g/mol. The topological polar surface area (TPSA) is 58.2 Å². The molecule has 2 fully saturated rings. The molecule has 2 aliphatic rings. The summed E-state index contributed by atoms with van der Waals surface area (Å²) >= 11 is 1.81. The molecule has 4 nitrogen and oxygen atoms in total. The van der Waals surface area contributed by atoms with E-state index in [0.29, 0.717) is 17.5 Å². The summed E-state index contributed by atoms with van der Waals surface area (Å²) in [7, 11) is -3.41. The predicted molar refractivity (Wildman–Crippen MR) is 82.4 cm³/mol. The van der Waals surface area contributed by atoms with Crippen molar-refractivity contribution in [2.45, 2.75) is 42.8 Å². The van der Waals surface area contributed by atoms with Crippen molar-refractivity contribution in [3.63, 3.8) is 0 Å². The van der Waals surface area contributed by atoms with Crippen molar-refractivity contribution in [1.29, 1.82) is 0 Å². The third kappa shape index (κ3) is 3.55. The highest BCUT2D eigenvalue weighted by molar-refractivity contribution is 7.99. The van der Waals surface area contributed by atoms with E-state index >= 15 is 0 Å². The van der Waals surface area contributed by atoms with Gasteiger partial charge in [-0.15, -0.1) is 0 Å². The molecule has 0 aromatic heterocycles. The van der Waals surface area contributed by atoms with E-state index in [0.717, 1.165) is 23.5 Å². The largest absolute Gasteiger partial charge is 0.310 e. The van der Waals surface area contributed by atoms with E-state index in [1.807, 2.05) is 12.1 Å². The SMILES string of the molecule is O=S(=O)(NC1CCSC1)c1ccccc1CNC1CC1. The summed E-state index contributed by atoms with van der Waals surface area (Å²) < 4.78 is 27.9. The number of sulfonamides is 1. The van der Waals surface area contributed by atoms with Gasteiger partial charge < -0.3 is 5.32 Å². The zero-order chi connectivity index (χ0) is 14.0. The van der Waals surface area contributed by atoms with E-state index in [2.05, 4.69) is 10.0 Å². The van der Waals surface area contributed by atoms with Crippen LogP contribution < -0.4 is 10.0 Å². The molecule has 0 spiro atoms. The standard InChI is InChI=1S/C14H20N2O2S2/c17-20(18,16-13-7-8-19-10-13)14-4-2-1-3-11(14)9-15-12-5-6-12/h1-4,12-13,15-16H,5-10H2. The fourth-order valence-electron chi connectivity index (χ4n) is 2.36. The monoisotopic (exact) mass is 312 g/mol. The predicted octanol–water partition coefficient (Wildman–Crippen LogP) is 1.72. The van der Waals surface area contributed by atoms with Crippen LogP contribution in [0.3, 0.4) is 0 Å². The maximum atomic E-state index is 12.5. The van der Waals surface area contributed by atoms with Crippen LogP contribution >= 0.6 is 11.8 Å². The van der Waals surface area contributed by atoms with Crippen molar-refractivity contribution < 1.29 is 8.42 Å². The second-order valence-electron chi connectivity index (χ2n) is 5.44. The van der Waals surface area contributed by atoms with E-state index in [9.17, 15) is 8.42 Å². The van der Waals surface area contributed by atoms with Crippen molar-refractivity contribution in [3.05, 3.63) is 29.8 Å². The van der Waals surface area contributed by atoms with E-state index in [1.165, 1.54) is 12.8 Å². The highest BCUT2D eigenvalue weighted by Gasteiger charge is 2.26. The van der Waals surface area contributed by atoms with Crippen molar-refractivity contribution in [1.82, 2.24) is 10.0 Å². The Morgan fingerprint density at radius 3 is 2.65 bits per heavy atom. The Bertz CT molecular complexity index is 564. The zero-order valence-electron chi connectivity index (χ0n) is 11.3. The van der Waals surface area contributed by atoms with Gasteiger partial charge in [0.25, 0.3) is 0 Å². The Morgan fingerprint density at radius 2 is 1.95 bits per heavy atom. The van der Waals surface area contributed by atoms with Crippen LogP contribution in [0.2, 0.25) is 0 Å². The minimum atomic E-state index is -3.41. The summed E-state index contributed by atoms with van der Waals surface area (Å²) in [6, 6.07) is 7.94. The smallest absolute Gasteiger partial charge is 0.241 e. The van der Waals surface area contributed by atoms with Crippen LogP contribution in [0.25, 0.3) is 0 Å². The van der Waals surface area contributed by atoms with Crippen LogP contribution in [0.1, 0.15) is 24.8 Å². The lowest BCUT2D eigenvalue weighted by Gasteiger charge is -2.15. The van der Waals surface area contributed by atoms with Crippen molar-refractivity contribution in [2.24, 2.45) is 0 Å². The molecule has 1 aromatic carbocycles. The molecule has 2 N–H and O–H groups in total. The maximum absolute atomic E-state index is 12.5. The van der Waals surface area contributed by atoms with Crippen LogP contribution in [0.5, 0.6) is 0 Å². The molecule has 0 bridgehead atoms. The number of hydrogen-bond donors (Lipinski definition) is 2. The first-order chi connectivity index (χ1) is 9.65. The summed E-state index contributed by atoms with van der Waals surface area (Å²) in [6.07, 6.45) is 3.32. The quantitative estimate of drug-likeness (QED) is 0.840. The first-order valence-electron chi connectivity index (χ1n) is 7.06. The van der Waals surface area contributed by atoms with Gasteiger partial charge in [-0.1, -0.05) is 18.2 Å². The molecule has 1 unspecified atom stereocenters. The van der Waals surface area contributed by atoms with E-state index in [1.54, 1.807) is 23.9 Å². The highest BCUT2D eigenvalue weighted by Crippen LogP contribution is 2.23. The van der Waals surface area contributed by atoms with Crippen molar-refractivity contribution in [3.8, 4) is 0 Å². The van der Waals surface area contributed by atoms with E-state index in [-0.39, 0.29) is 6.04 Å². The second-order valence-corrected chi connectivity index (χ2v) is 8.28. The molecule has 1 aliphatic heterocycles. The van der Waals surface area contributed by atoms with Gasteiger partial charge in [0.2, 0.25) is 10.0 Å². The molecule has 0 radical (unpaired) electrons. The Kier molecular flexibility index (Phi) is 4.35. The number of benzene rings is 1. The molecule has 20 heavy (non-hydrogen) atoms. The molecule has 1 saturated heterocycles. The molecule has 1 aliphatic carbocycles. The molecule has 1 saturated carbocycles. The van der Waals surface area contributed by atoms with Gasteiger partial charge in [-0.3, -0.25) is 0 Å². The lowest BCUT2D eigenvalue weighted by atomic mass is 10.2. The Hall–Kier alpha value is -0.560. The third-order valence-corrected chi connectivity index (χ3v) is 6.46. The summed E-state index contributed by atoms with van der Waals surface area (Å²) in [4.78, 5) is 0.421. The zero-order valence-corrected chi connectivity index (χ0v) is 13.0. The normalized spacial score (nSPS) is 23.1. The molecular weight excluding hydrogens is 292 g/mol.